The first-order valence-electron chi connectivity index (χ1n) is 9.18. The van der Waals surface area contributed by atoms with Crippen LogP contribution in [0.25, 0.3) is 10.9 Å². The maximum absolute atomic E-state index is 12.8. The third kappa shape index (κ3) is 3.90. The number of carbonyl (C=O) groups is 1. The molecule has 27 heavy (non-hydrogen) atoms. The molecule has 1 amide bonds. The van der Waals surface area contributed by atoms with Crippen molar-refractivity contribution < 1.29 is 4.79 Å². The second kappa shape index (κ2) is 7.56. The normalized spacial score (nSPS) is 13.7. The van der Waals surface area contributed by atoms with Crippen molar-refractivity contribution in [3.63, 3.8) is 0 Å². The molecule has 1 aliphatic carbocycles. The Balaban J connectivity index is 1.51. The highest BCUT2D eigenvalue weighted by Crippen LogP contribution is 2.36. The smallest absolute Gasteiger partial charge is 0.262 e. The lowest BCUT2D eigenvalue weighted by molar-refractivity contribution is -0.113. The van der Waals surface area contributed by atoms with Crippen LogP contribution in [0, 0.1) is 0 Å². The zero-order valence-corrected chi connectivity index (χ0v) is 16.0. The van der Waals surface area contributed by atoms with Crippen LogP contribution in [0.4, 0.5) is 5.69 Å². The quantitative estimate of drug-likeness (QED) is 0.519. The SMILES string of the molecule is CCc1ccc(NC(=O)CSc2nc3ccccc3c(=O)n2C2CC2)cc1. The zero-order chi connectivity index (χ0) is 18.8. The van der Waals surface area contributed by atoms with Gasteiger partial charge in [-0.3, -0.25) is 14.2 Å². The van der Waals surface area contributed by atoms with Crippen LogP contribution in [0.3, 0.4) is 0 Å². The highest BCUT2D eigenvalue weighted by atomic mass is 32.2. The van der Waals surface area contributed by atoms with Crippen LogP contribution in [0.15, 0.2) is 58.5 Å². The molecule has 1 aromatic heterocycles. The van der Waals surface area contributed by atoms with Gasteiger partial charge in [0.05, 0.1) is 16.7 Å². The van der Waals surface area contributed by atoms with E-state index in [-0.39, 0.29) is 23.3 Å². The number of para-hydroxylation sites is 1. The maximum atomic E-state index is 12.8. The van der Waals surface area contributed by atoms with Crippen molar-refractivity contribution in [1.82, 2.24) is 9.55 Å². The number of rotatable bonds is 6. The topological polar surface area (TPSA) is 64.0 Å². The molecule has 0 saturated heterocycles. The van der Waals surface area contributed by atoms with Crippen LogP contribution in [0.2, 0.25) is 0 Å². The Morgan fingerprint density at radius 2 is 1.93 bits per heavy atom. The second-order valence-electron chi connectivity index (χ2n) is 6.71. The number of nitrogens with one attached hydrogen (secondary N) is 1. The summed E-state index contributed by atoms with van der Waals surface area (Å²) in [4.78, 5) is 29.8. The van der Waals surface area contributed by atoms with E-state index in [1.165, 1.54) is 17.3 Å². The Hall–Kier alpha value is -2.60. The monoisotopic (exact) mass is 379 g/mol. The van der Waals surface area contributed by atoms with Crippen LogP contribution < -0.4 is 10.9 Å². The van der Waals surface area contributed by atoms with E-state index in [0.717, 1.165) is 24.9 Å². The number of thioether (sulfide) groups is 1. The van der Waals surface area contributed by atoms with Crippen molar-refractivity contribution in [3.05, 3.63) is 64.4 Å². The predicted molar refractivity (Wildman–Crippen MR) is 109 cm³/mol. The number of benzene rings is 2. The first-order valence-corrected chi connectivity index (χ1v) is 10.2. The Kier molecular flexibility index (Phi) is 4.99. The predicted octanol–water partition coefficient (Wildman–Crippen LogP) is 4.02. The van der Waals surface area contributed by atoms with E-state index in [4.69, 9.17) is 0 Å². The lowest BCUT2D eigenvalue weighted by Crippen LogP contribution is -2.23. The summed E-state index contributed by atoms with van der Waals surface area (Å²) in [7, 11) is 0. The summed E-state index contributed by atoms with van der Waals surface area (Å²) in [5.74, 6) is 0.113. The number of carbonyl (C=O) groups excluding carboxylic acids is 1. The summed E-state index contributed by atoms with van der Waals surface area (Å²) in [6, 6.07) is 15.4. The molecule has 138 valence electrons. The third-order valence-electron chi connectivity index (χ3n) is 4.67. The molecule has 0 atom stereocenters. The minimum Gasteiger partial charge on any atom is -0.325 e. The van der Waals surface area contributed by atoms with E-state index in [2.05, 4.69) is 17.2 Å². The lowest BCUT2D eigenvalue weighted by atomic mass is 10.1. The molecule has 0 bridgehead atoms. The van der Waals surface area contributed by atoms with E-state index in [1.807, 2.05) is 48.5 Å². The first-order chi connectivity index (χ1) is 13.2. The van der Waals surface area contributed by atoms with Crippen LogP contribution >= 0.6 is 11.8 Å². The number of hydrogen-bond acceptors (Lipinski definition) is 4. The van der Waals surface area contributed by atoms with Crippen molar-refractivity contribution in [2.75, 3.05) is 11.1 Å². The van der Waals surface area contributed by atoms with Gasteiger partial charge in [0.15, 0.2) is 5.16 Å². The van der Waals surface area contributed by atoms with Gasteiger partial charge in [0.2, 0.25) is 5.91 Å². The van der Waals surface area contributed by atoms with E-state index < -0.39 is 0 Å². The van der Waals surface area contributed by atoms with Gasteiger partial charge < -0.3 is 5.32 Å². The highest BCUT2D eigenvalue weighted by Gasteiger charge is 2.28. The molecule has 1 N–H and O–H groups in total. The van der Waals surface area contributed by atoms with Crippen LogP contribution in [0.5, 0.6) is 0 Å². The van der Waals surface area contributed by atoms with Crippen LogP contribution in [0.1, 0.15) is 31.4 Å². The Morgan fingerprint density at radius 3 is 2.63 bits per heavy atom. The van der Waals surface area contributed by atoms with Gasteiger partial charge in [0.25, 0.3) is 5.56 Å². The maximum Gasteiger partial charge on any atom is 0.262 e. The van der Waals surface area contributed by atoms with Crippen LogP contribution in [-0.4, -0.2) is 21.2 Å². The third-order valence-corrected chi connectivity index (χ3v) is 5.62. The Morgan fingerprint density at radius 1 is 1.19 bits per heavy atom. The molecular formula is C21H21N3O2S. The molecule has 6 heteroatoms. The molecule has 5 nitrogen and oxygen atoms in total. The molecule has 1 fully saturated rings. The molecule has 1 heterocycles. The molecule has 0 aliphatic heterocycles. The average Bonchev–Trinajstić information content (AvgIpc) is 3.52. The fourth-order valence-electron chi connectivity index (χ4n) is 3.03. The molecule has 3 aromatic rings. The van der Waals surface area contributed by atoms with Gasteiger partial charge >= 0.3 is 0 Å². The summed E-state index contributed by atoms with van der Waals surface area (Å²) in [6.45, 7) is 2.10. The number of nitrogens with zero attached hydrogens (tertiary/aromatic N) is 2. The molecule has 0 radical (unpaired) electrons. The van der Waals surface area contributed by atoms with Crippen LogP contribution in [-0.2, 0) is 11.2 Å². The summed E-state index contributed by atoms with van der Waals surface area (Å²) >= 11 is 1.32. The zero-order valence-electron chi connectivity index (χ0n) is 15.1. The fourth-order valence-corrected chi connectivity index (χ4v) is 3.90. The number of aromatic nitrogens is 2. The fraction of sp³-hybridized carbons (Fsp3) is 0.286. The van der Waals surface area contributed by atoms with E-state index in [9.17, 15) is 9.59 Å². The molecular weight excluding hydrogens is 358 g/mol. The van der Waals surface area contributed by atoms with Crippen molar-refractivity contribution in [1.29, 1.82) is 0 Å². The van der Waals surface area contributed by atoms with E-state index >= 15 is 0 Å². The number of fused-ring (bicyclic) bond motifs is 1. The van der Waals surface area contributed by atoms with Gasteiger partial charge in [-0.15, -0.1) is 0 Å². The Bertz CT molecular complexity index is 1040. The molecule has 0 unspecified atom stereocenters. The number of aryl methyl sites for hydroxylation is 1. The van der Waals surface area contributed by atoms with Crippen molar-refractivity contribution in [2.24, 2.45) is 0 Å². The van der Waals surface area contributed by atoms with Crippen molar-refractivity contribution >= 4 is 34.3 Å². The van der Waals surface area contributed by atoms with E-state index in [0.29, 0.717) is 16.1 Å². The minimum absolute atomic E-state index is 0.0128. The highest BCUT2D eigenvalue weighted by molar-refractivity contribution is 7.99. The van der Waals surface area contributed by atoms with Gasteiger partial charge in [-0.1, -0.05) is 43.0 Å². The standard InChI is InChI=1S/C21H21N3O2S/c1-2-14-7-9-15(10-8-14)22-19(25)13-27-21-23-18-6-4-3-5-17(18)20(26)24(21)16-11-12-16/h3-10,16H,2,11-13H2,1H3,(H,22,25). The van der Waals surface area contributed by atoms with Crippen molar-refractivity contribution in [2.45, 2.75) is 37.4 Å². The summed E-state index contributed by atoms with van der Waals surface area (Å²) in [5, 5.41) is 4.16. The van der Waals surface area contributed by atoms with Gasteiger partial charge in [0, 0.05) is 11.7 Å². The molecule has 1 saturated carbocycles. The number of anilines is 1. The largest absolute Gasteiger partial charge is 0.325 e. The van der Waals surface area contributed by atoms with Gasteiger partial charge in [-0.25, -0.2) is 4.98 Å². The number of amides is 1. The lowest BCUT2D eigenvalue weighted by Gasteiger charge is -2.12. The molecule has 0 spiro atoms. The molecule has 2 aromatic carbocycles. The Labute approximate surface area is 161 Å². The minimum atomic E-state index is -0.103. The average molecular weight is 379 g/mol. The van der Waals surface area contributed by atoms with E-state index in [1.54, 1.807) is 4.57 Å². The number of hydrogen-bond donors (Lipinski definition) is 1. The van der Waals surface area contributed by atoms with Gasteiger partial charge in [-0.2, -0.15) is 0 Å². The second-order valence-corrected chi connectivity index (χ2v) is 7.65. The molecule has 4 rings (SSSR count). The van der Waals surface area contributed by atoms with Gasteiger partial charge in [0.1, 0.15) is 0 Å². The summed E-state index contributed by atoms with van der Waals surface area (Å²) < 4.78 is 1.76. The first kappa shape index (κ1) is 17.8. The summed E-state index contributed by atoms with van der Waals surface area (Å²) in [5.41, 5.74) is 2.68. The van der Waals surface area contributed by atoms with Gasteiger partial charge in [-0.05, 0) is 49.1 Å². The summed E-state index contributed by atoms with van der Waals surface area (Å²) in [6.07, 6.45) is 2.95. The van der Waals surface area contributed by atoms with Crippen molar-refractivity contribution in [3.8, 4) is 0 Å². The molecule has 1 aliphatic rings.